The second-order valence-electron chi connectivity index (χ2n) is 4.78. The first-order valence-electron chi connectivity index (χ1n) is 6.51. The van der Waals surface area contributed by atoms with Crippen LogP contribution in [-0.4, -0.2) is 35.1 Å². The predicted molar refractivity (Wildman–Crippen MR) is 76.8 cm³/mol. The number of carbonyl (C=O) groups excluding carboxylic acids is 1. The maximum absolute atomic E-state index is 12.6. The van der Waals surface area contributed by atoms with Gasteiger partial charge in [0.25, 0.3) is 5.91 Å². The van der Waals surface area contributed by atoms with Crippen molar-refractivity contribution in [2.24, 2.45) is 0 Å². The Balaban J connectivity index is 2.30. The van der Waals surface area contributed by atoms with Gasteiger partial charge >= 0.3 is 0 Å². The second-order valence-corrected chi connectivity index (χ2v) is 5.60. The van der Waals surface area contributed by atoms with Gasteiger partial charge in [-0.25, -0.2) is 0 Å². The Morgan fingerprint density at radius 3 is 2.58 bits per heavy atom. The molecule has 0 spiro atoms. The molecule has 104 valence electrons. The van der Waals surface area contributed by atoms with Crippen LogP contribution < -0.4 is 0 Å². The highest BCUT2D eigenvalue weighted by Gasteiger charge is 2.28. The van der Waals surface area contributed by atoms with E-state index in [2.05, 4.69) is 0 Å². The summed E-state index contributed by atoms with van der Waals surface area (Å²) in [7, 11) is 0. The molecular formula is C14H17Cl2NO2. The molecule has 1 aliphatic heterocycles. The van der Waals surface area contributed by atoms with Crippen LogP contribution in [0.2, 0.25) is 10.0 Å². The van der Waals surface area contributed by atoms with Crippen molar-refractivity contribution in [3.63, 3.8) is 0 Å². The molecule has 1 aromatic carbocycles. The molecule has 1 atom stereocenters. The molecule has 1 amide bonds. The third-order valence-electron chi connectivity index (χ3n) is 3.53. The summed E-state index contributed by atoms with van der Waals surface area (Å²) in [5.74, 6) is -0.184. The average molecular weight is 302 g/mol. The molecule has 5 heteroatoms. The zero-order valence-electron chi connectivity index (χ0n) is 10.6. The first-order chi connectivity index (χ1) is 9.15. The Morgan fingerprint density at radius 2 is 1.95 bits per heavy atom. The van der Waals surface area contributed by atoms with E-state index in [0.29, 0.717) is 22.2 Å². The molecule has 1 fully saturated rings. The fourth-order valence-corrected chi connectivity index (χ4v) is 3.04. The van der Waals surface area contributed by atoms with E-state index in [1.54, 1.807) is 23.1 Å². The Bertz CT molecular complexity index is 445. The highest BCUT2D eigenvalue weighted by Crippen LogP contribution is 2.28. The van der Waals surface area contributed by atoms with Gasteiger partial charge in [0.1, 0.15) is 0 Å². The van der Waals surface area contributed by atoms with Gasteiger partial charge in [-0.05, 0) is 25.0 Å². The van der Waals surface area contributed by atoms with Gasteiger partial charge in [0.15, 0.2) is 0 Å². The molecule has 1 aromatic rings. The van der Waals surface area contributed by atoms with Crippen molar-refractivity contribution in [3.05, 3.63) is 33.8 Å². The molecule has 1 heterocycles. The lowest BCUT2D eigenvalue weighted by Crippen LogP contribution is -2.42. The third kappa shape index (κ3) is 3.22. The molecule has 3 nitrogen and oxygen atoms in total. The fraction of sp³-hybridized carbons (Fsp3) is 0.500. The summed E-state index contributed by atoms with van der Waals surface area (Å²) in [4.78, 5) is 14.3. The minimum Gasteiger partial charge on any atom is -0.394 e. The smallest absolute Gasteiger partial charge is 0.257 e. The second kappa shape index (κ2) is 6.60. The van der Waals surface area contributed by atoms with E-state index in [9.17, 15) is 9.90 Å². The monoisotopic (exact) mass is 301 g/mol. The van der Waals surface area contributed by atoms with Crippen LogP contribution in [-0.2, 0) is 0 Å². The van der Waals surface area contributed by atoms with E-state index in [-0.39, 0.29) is 18.6 Å². The van der Waals surface area contributed by atoms with E-state index in [1.165, 1.54) is 0 Å². The summed E-state index contributed by atoms with van der Waals surface area (Å²) >= 11 is 12.2. The average Bonchev–Trinajstić information content (AvgIpc) is 2.63. The van der Waals surface area contributed by atoms with E-state index < -0.39 is 0 Å². The molecule has 0 aliphatic carbocycles. The van der Waals surface area contributed by atoms with Gasteiger partial charge in [-0.2, -0.15) is 0 Å². The lowest BCUT2D eigenvalue weighted by Gasteiger charge is -2.29. The summed E-state index contributed by atoms with van der Waals surface area (Å²) in [6, 6.07) is 4.90. The molecule has 0 bridgehead atoms. The zero-order chi connectivity index (χ0) is 13.8. The molecule has 0 radical (unpaired) electrons. The Labute approximate surface area is 123 Å². The van der Waals surface area contributed by atoms with Crippen LogP contribution in [0.5, 0.6) is 0 Å². The summed E-state index contributed by atoms with van der Waals surface area (Å²) < 4.78 is 0. The first kappa shape index (κ1) is 14.6. The number of hydrogen-bond donors (Lipinski definition) is 1. The summed E-state index contributed by atoms with van der Waals surface area (Å²) in [6.45, 7) is 0.624. The van der Waals surface area contributed by atoms with Crippen LogP contribution >= 0.6 is 23.2 Å². The minimum atomic E-state index is -0.184. The number of aliphatic hydroxyl groups excluding tert-OH is 1. The van der Waals surface area contributed by atoms with Crippen molar-refractivity contribution in [2.75, 3.05) is 13.2 Å². The van der Waals surface area contributed by atoms with Crippen LogP contribution in [0.3, 0.4) is 0 Å². The number of benzene rings is 1. The lowest BCUT2D eigenvalue weighted by molar-refractivity contribution is 0.0600. The van der Waals surface area contributed by atoms with Crippen LogP contribution in [0.15, 0.2) is 18.2 Å². The topological polar surface area (TPSA) is 40.5 Å². The molecule has 19 heavy (non-hydrogen) atoms. The Kier molecular flexibility index (Phi) is 5.08. The molecule has 1 aliphatic rings. The van der Waals surface area contributed by atoms with Gasteiger partial charge in [-0.15, -0.1) is 0 Å². The molecule has 0 saturated carbocycles. The SMILES string of the molecule is O=C(c1c(Cl)cccc1Cl)N1CCCCCC1CO. The van der Waals surface area contributed by atoms with Gasteiger partial charge in [-0.3, -0.25) is 4.79 Å². The molecule has 1 unspecified atom stereocenters. The molecule has 2 rings (SSSR count). The standard InChI is InChI=1S/C14H17Cl2NO2/c15-11-6-4-7-12(16)13(11)14(19)17-8-3-1-2-5-10(17)9-18/h4,6-7,10,18H,1-3,5,8-9H2. The lowest BCUT2D eigenvalue weighted by atomic mass is 10.1. The van der Waals surface area contributed by atoms with Crippen LogP contribution in [0.1, 0.15) is 36.0 Å². The largest absolute Gasteiger partial charge is 0.394 e. The number of aliphatic hydroxyl groups is 1. The fourth-order valence-electron chi connectivity index (χ4n) is 2.48. The first-order valence-corrected chi connectivity index (χ1v) is 7.26. The summed E-state index contributed by atoms with van der Waals surface area (Å²) in [6.07, 6.45) is 3.89. The number of halogens is 2. The quantitative estimate of drug-likeness (QED) is 0.910. The number of likely N-dealkylation sites (tertiary alicyclic amines) is 1. The van der Waals surface area contributed by atoms with Crippen LogP contribution in [0, 0.1) is 0 Å². The number of nitrogens with zero attached hydrogens (tertiary/aromatic N) is 1. The third-order valence-corrected chi connectivity index (χ3v) is 4.16. The minimum absolute atomic E-state index is 0.0200. The van der Waals surface area contributed by atoms with E-state index in [0.717, 1.165) is 25.7 Å². The van der Waals surface area contributed by atoms with Crippen molar-refractivity contribution < 1.29 is 9.90 Å². The van der Waals surface area contributed by atoms with Crippen molar-refractivity contribution in [1.82, 2.24) is 4.90 Å². The van der Waals surface area contributed by atoms with Gasteiger partial charge in [0.2, 0.25) is 0 Å². The van der Waals surface area contributed by atoms with Crippen molar-refractivity contribution in [3.8, 4) is 0 Å². The summed E-state index contributed by atoms with van der Waals surface area (Å²) in [5.41, 5.74) is 0.339. The number of hydrogen-bond acceptors (Lipinski definition) is 2. The Hall–Kier alpha value is -0.770. The molecular weight excluding hydrogens is 285 g/mol. The maximum atomic E-state index is 12.6. The highest BCUT2D eigenvalue weighted by molar-refractivity contribution is 6.39. The van der Waals surface area contributed by atoms with Crippen molar-refractivity contribution >= 4 is 29.1 Å². The highest BCUT2D eigenvalue weighted by atomic mass is 35.5. The molecule has 1 N–H and O–H groups in total. The van der Waals surface area contributed by atoms with E-state index in [4.69, 9.17) is 23.2 Å². The predicted octanol–water partition coefficient (Wildman–Crippen LogP) is 3.37. The van der Waals surface area contributed by atoms with Crippen molar-refractivity contribution in [1.29, 1.82) is 0 Å². The number of carbonyl (C=O) groups is 1. The number of rotatable bonds is 2. The van der Waals surface area contributed by atoms with Gasteiger partial charge in [-0.1, -0.05) is 42.1 Å². The van der Waals surface area contributed by atoms with Crippen LogP contribution in [0.25, 0.3) is 0 Å². The van der Waals surface area contributed by atoms with Gasteiger partial charge < -0.3 is 10.0 Å². The Morgan fingerprint density at radius 1 is 1.26 bits per heavy atom. The van der Waals surface area contributed by atoms with E-state index >= 15 is 0 Å². The van der Waals surface area contributed by atoms with Crippen LogP contribution in [0.4, 0.5) is 0 Å². The van der Waals surface area contributed by atoms with Crippen molar-refractivity contribution in [2.45, 2.75) is 31.7 Å². The molecule has 0 aromatic heterocycles. The normalized spacial score (nSPS) is 20.2. The molecule has 1 saturated heterocycles. The van der Waals surface area contributed by atoms with E-state index in [1.807, 2.05) is 0 Å². The maximum Gasteiger partial charge on any atom is 0.257 e. The van der Waals surface area contributed by atoms with Gasteiger partial charge in [0.05, 0.1) is 28.3 Å². The summed E-state index contributed by atoms with van der Waals surface area (Å²) in [5, 5.41) is 10.2. The number of amides is 1. The zero-order valence-corrected chi connectivity index (χ0v) is 12.1. The van der Waals surface area contributed by atoms with Gasteiger partial charge in [0, 0.05) is 6.54 Å².